The van der Waals surface area contributed by atoms with Crippen molar-refractivity contribution < 1.29 is 20.1 Å². The van der Waals surface area contributed by atoms with E-state index in [1.54, 1.807) is 12.1 Å². The van der Waals surface area contributed by atoms with E-state index in [4.69, 9.17) is 5.11 Å². The van der Waals surface area contributed by atoms with Crippen LogP contribution in [0.2, 0.25) is 0 Å². The van der Waals surface area contributed by atoms with E-state index in [9.17, 15) is 15.0 Å². The van der Waals surface area contributed by atoms with E-state index >= 15 is 0 Å². The Balaban J connectivity index is 2.39. The van der Waals surface area contributed by atoms with Crippen LogP contribution in [0.5, 0.6) is 11.5 Å². The van der Waals surface area contributed by atoms with Gasteiger partial charge in [-0.25, -0.2) is 0 Å². The van der Waals surface area contributed by atoms with Crippen molar-refractivity contribution in [1.29, 1.82) is 0 Å². The van der Waals surface area contributed by atoms with Gasteiger partial charge in [0.15, 0.2) is 0 Å². The van der Waals surface area contributed by atoms with Gasteiger partial charge in [0.2, 0.25) is 0 Å². The number of hydrogen-bond acceptors (Lipinski definition) is 3. The zero-order valence-electron chi connectivity index (χ0n) is 13.7. The number of benzene rings is 1. The molecule has 124 valence electrons. The molecule has 23 heavy (non-hydrogen) atoms. The predicted molar refractivity (Wildman–Crippen MR) is 89.8 cm³/mol. The molecule has 0 bridgehead atoms. The summed E-state index contributed by atoms with van der Waals surface area (Å²) in [7, 11) is 0. The molecule has 2 rings (SSSR count). The summed E-state index contributed by atoms with van der Waals surface area (Å²) in [4.78, 5) is 10.7. The molecule has 0 heterocycles. The van der Waals surface area contributed by atoms with E-state index in [1.807, 2.05) is 6.92 Å². The monoisotopic (exact) mass is 316 g/mol. The lowest BCUT2D eigenvalue weighted by Crippen LogP contribution is -2.17. The molecule has 1 aliphatic rings. The largest absolute Gasteiger partial charge is 0.507 e. The molecule has 4 nitrogen and oxygen atoms in total. The first-order valence-electron chi connectivity index (χ1n) is 7.88. The third-order valence-corrected chi connectivity index (χ3v) is 4.54. The first-order valence-corrected chi connectivity index (χ1v) is 7.88. The Hall–Kier alpha value is -2.23. The number of carboxylic acid groups (broad SMARTS) is 1. The fraction of sp³-hybridized carbons (Fsp3) is 0.421. The van der Waals surface area contributed by atoms with Crippen LogP contribution in [0.15, 0.2) is 35.9 Å². The summed E-state index contributed by atoms with van der Waals surface area (Å²) in [6.07, 6.45) is 4.28. The molecule has 1 aromatic carbocycles. The van der Waals surface area contributed by atoms with Gasteiger partial charge in [-0.05, 0) is 56.7 Å². The minimum atomic E-state index is -0.902. The van der Waals surface area contributed by atoms with Gasteiger partial charge in [0.05, 0.1) is 0 Å². The third kappa shape index (κ3) is 3.95. The molecule has 4 heteroatoms. The van der Waals surface area contributed by atoms with Crippen molar-refractivity contribution in [2.75, 3.05) is 0 Å². The summed E-state index contributed by atoms with van der Waals surface area (Å²) >= 11 is 0. The number of hydrogen-bond donors (Lipinski definition) is 3. The van der Waals surface area contributed by atoms with Crippen molar-refractivity contribution in [2.24, 2.45) is 5.92 Å². The summed E-state index contributed by atoms with van der Waals surface area (Å²) in [5, 5.41) is 29.6. The number of carboxylic acids is 1. The van der Waals surface area contributed by atoms with Crippen LogP contribution in [0.3, 0.4) is 0 Å². The average molecular weight is 316 g/mol. The van der Waals surface area contributed by atoms with Gasteiger partial charge in [-0.3, -0.25) is 4.79 Å². The van der Waals surface area contributed by atoms with E-state index < -0.39 is 5.97 Å². The molecule has 1 aromatic rings. The highest BCUT2D eigenvalue weighted by Gasteiger charge is 2.30. The second-order valence-corrected chi connectivity index (χ2v) is 6.47. The maximum atomic E-state index is 10.7. The molecule has 0 amide bonds. The minimum absolute atomic E-state index is 0.0209. The molecule has 2 atom stereocenters. The maximum absolute atomic E-state index is 10.7. The van der Waals surface area contributed by atoms with Crippen molar-refractivity contribution in [3.05, 3.63) is 47.1 Å². The molecule has 0 saturated heterocycles. The zero-order valence-corrected chi connectivity index (χ0v) is 13.7. The van der Waals surface area contributed by atoms with E-state index in [2.05, 4.69) is 19.6 Å². The summed E-state index contributed by atoms with van der Waals surface area (Å²) in [6.45, 7) is 8.07. The van der Waals surface area contributed by atoms with Gasteiger partial charge < -0.3 is 15.3 Å². The van der Waals surface area contributed by atoms with E-state index in [-0.39, 0.29) is 36.2 Å². The van der Waals surface area contributed by atoms with Crippen LogP contribution in [-0.4, -0.2) is 21.3 Å². The Kier molecular flexibility index (Phi) is 5.14. The highest BCUT2D eigenvalue weighted by molar-refractivity contribution is 5.67. The van der Waals surface area contributed by atoms with Crippen LogP contribution in [0.25, 0.3) is 0 Å². The predicted octanol–water partition coefficient (Wildman–Crippen LogP) is 4.13. The smallest absolute Gasteiger partial charge is 0.303 e. The number of phenols is 2. The number of carbonyl (C=O) groups is 1. The molecule has 1 aliphatic carbocycles. The SMILES string of the molecule is C=C(C)[C@@H]1CCC(C)=CC1c1c(O)cc(CCC(=O)O)cc1O. The van der Waals surface area contributed by atoms with Crippen LogP contribution in [-0.2, 0) is 11.2 Å². The van der Waals surface area contributed by atoms with Crippen molar-refractivity contribution >= 4 is 5.97 Å². The first kappa shape index (κ1) is 17.1. The number of allylic oxidation sites excluding steroid dienone is 3. The van der Waals surface area contributed by atoms with Gasteiger partial charge in [0.25, 0.3) is 0 Å². The second kappa shape index (κ2) is 6.90. The summed E-state index contributed by atoms with van der Waals surface area (Å²) in [6, 6.07) is 3.12. The average Bonchev–Trinajstić information content (AvgIpc) is 2.44. The number of phenolic OH excluding ortho intramolecular Hbond substituents is 2. The molecule has 0 spiro atoms. The standard InChI is InChI=1S/C19H24O4/c1-11(2)14-6-4-12(3)8-15(14)19-16(20)9-13(10-17(19)21)5-7-18(22)23/h8-10,14-15,20-21H,1,4-7H2,2-3H3,(H,22,23)/t14-,15?/m0/s1. The van der Waals surface area contributed by atoms with Gasteiger partial charge in [-0.15, -0.1) is 0 Å². The Morgan fingerprint density at radius 3 is 2.43 bits per heavy atom. The highest BCUT2D eigenvalue weighted by Crippen LogP contribution is 2.46. The lowest BCUT2D eigenvalue weighted by Gasteiger charge is -2.31. The molecule has 3 N–H and O–H groups in total. The minimum Gasteiger partial charge on any atom is -0.507 e. The zero-order chi connectivity index (χ0) is 17.1. The quantitative estimate of drug-likeness (QED) is 0.714. The van der Waals surface area contributed by atoms with Crippen LogP contribution in [0, 0.1) is 5.92 Å². The molecule has 0 radical (unpaired) electrons. The lowest BCUT2D eigenvalue weighted by atomic mass is 9.73. The fourth-order valence-electron chi connectivity index (χ4n) is 3.32. The van der Waals surface area contributed by atoms with Crippen LogP contribution >= 0.6 is 0 Å². The van der Waals surface area contributed by atoms with Gasteiger partial charge in [-0.1, -0.05) is 23.8 Å². The maximum Gasteiger partial charge on any atom is 0.303 e. The van der Waals surface area contributed by atoms with Crippen LogP contribution < -0.4 is 0 Å². The molecular weight excluding hydrogens is 292 g/mol. The van der Waals surface area contributed by atoms with Crippen molar-refractivity contribution in [2.45, 2.75) is 45.4 Å². The van der Waals surface area contributed by atoms with Gasteiger partial charge in [-0.2, -0.15) is 0 Å². The van der Waals surface area contributed by atoms with Gasteiger partial charge in [0.1, 0.15) is 11.5 Å². The number of rotatable bonds is 5. The Morgan fingerprint density at radius 2 is 1.91 bits per heavy atom. The highest BCUT2D eigenvalue weighted by atomic mass is 16.4. The number of aliphatic carboxylic acids is 1. The lowest BCUT2D eigenvalue weighted by molar-refractivity contribution is -0.136. The summed E-state index contributed by atoms with van der Waals surface area (Å²) < 4.78 is 0. The topological polar surface area (TPSA) is 77.8 Å². The second-order valence-electron chi connectivity index (χ2n) is 6.47. The van der Waals surface area contributed by atoms with Crippen molar-refractivity contribution in [3.63, 3.8) is 0 Å². The normalized spacial score (nSPS) is 20.9. The van der Waals surface area contributed by atoms with E-state index in [1.165, 1.54) is 5.57 Å². The Labute approximate surface area is 136 Å². The fourth-order valence-corrected chi connectivity index (χ4v) is 3.32. The Morgan fingerprint density at radius 1 is 1.30 bits per heavy atom. The molecule has 0 aromatic heterocycles. The summed E-state index contributed by atoms with van der Waals surface area (Å²) in [5.41, 5.74) is 3.40. The van der Waals surface area contributed by atoms with Gasteiger partial charge in [0, 0.05) is 17.9 Å². The first-order chi connectivity index (χ1) is 10.8. The number of aromatic hydroxyl groups is 2. The van der Waals surface area contributed by atoms with Crippen LogP contribution in [0.4, 0.5) is 0 Å². The molecule has 0 fully saturated rings. The summed E-state index contributed by atoms with van der Waals surface area (Å²) in [5.74, 6) is -0.781. The van der Waals surface area contributed by atoms with Gasteiger partial charge >= 0.3 is 5.97 Å². The molecular formula is C19H24O4. The number of aryl methyl sites for hydroxylation is 1. The Bertz CT molecular complexity index is 634. The third-order valence-electron chi connectivity index (χ3n) is 4.54. The van der Waals surface area contributed by atoms with Crippen molar-refractivity contribution in [1.82, 2.24) is 0 Å². The molecule has 0 aliphatic heterocycles. The van der Waals surface area contributed by atoms with E-state index in [0.29, 0.717) is 11.1 Å². The molecule has 0 saturated carbocycles. The molecule has 1 unspecified atom stereocenters. The van der Waals surface area contributed by atoms with Crippen molar-refractivity contribution in [3.8, 4) is 11.5 Å². The van der Waals surface area contributed by atoms with Crippen LogP contribution in [0.1, 0.15) is 50.2 Å². The van der Waals surface area contributed by atoms with E-state index in [0.717, 1.165) is 18.4 Å².